The highest BCUT2D eigenvalue weighted by Crippen LogP contribution is 2.42. The first-order chi connectivity index (χ1) is 15.3. The number of rotatable bonds is 8. The Morgan fingerprint density at radius 1 is 1.03 bits per heavy atom. The minimum Gasteiger partial charge on any atom is -0.462 e. The number of amides is 1. The zero-order valence-electron chi connectivity index (χ0n) is 18.5. The fourth-order valence-corrected chi connectivity index (χ4v) is 4.23. The first-order valence-electron chi connectivity index (χ1n) is 10.6. The van der Waals surface area contributed by atoms with Gasteiger partial charge in [-0.25, -0.2) is 4.79 Å². The van der Waals surface area contributed by atoms with E-state index in [2.05, 4.69) is 5.32 Å². The third-order valence-electron chi connectivity index (χ3n) is 5.68. The number of aryl methyl sites for hydroxylation is 1. The molecule has 0 bridgehead atoms. The van der Waals surface area contributed by atoms with Crippen molar-refractivity contribution < 1.29 is 33.1 Å². The average molecular weight is 441 g/mol. The molecule has 1 aliphatic rings. The number of ketones is 1. The molecule has 1 aromatic carbocycles. The molecule has 8 nitrogen and oxygen atoms in total. The highest BCUT2D eigenvalue weighted by atomic mass is 16.5. The van der Waals surface area contributed by atoms with Crippen LogP contribution in [0.4, 0.5) is 5.88 Å². The summed E-state index contributed by atoms with van der Waals surface area (Å²) in [6.07, 6.45) is 3.12. The molecular formula is C24H27NO7. The maximum atomic E-state index is 13.0. The summed E-state index contributed by atoms with van der Waals surface area (Å²) in [6.45, 7) is 3.97. The molecule has 1 amide bonds. The first-order valence-corrected chi connectivity index (χ1v) is 10.6. The number of hydrogen-bond acceptors (Lipinski definition) is 7. The van der Waals surface area contributed by atoms with Gasteiger partial charge in [-0.3, -0.25) is 19.7 Å². The van der Waals surface area contributed by atoms with E-state index in [1.54, 1.807) is 6.92 Å². The molecule has 1 heterocycles. The second-order valence-corrected chi connectivity index (χ2v) is 7.79. The minimum atomic E-state index is -0.782. The molecule has 2 aromatic rings. The second kappa shape index (κ2) is 9.80. The van der Waals surface area contributed by atoms with Gasteiger partial charge in [0.25, 0.3) is 5.91 Å². The summed E-state index contributed by atoms with van der Waals surface area (Å²) in [6, 6.07) is 9.42. The van der Waals surface area contributed by atoms with E-state index < -0.39 is 35.7 Å². The van der Waals surface area contributed by atoms with Gasteiger partial charge in [0.05, 0.1) is 17.6 Å². The number of carbonyl (C=O) groups excluding carboxylic acids is 4. The van der Waals surface area contributed by atoms with Crippen LogP contribution in [0.15, 0.2) is 34.7 Å². The zero-order chi connectivity index (χ0) is 23.3. The van der Waals surface area contributed by atoms with Crippen LogP contribution < -0.4 is 5.32 Å². The van der Waals surface area contributed by atoms with Crippen molar-refractivity contribution in [3.63, 3.8) is 0 Å². The van der Waals surface area contributed by atoms with Gasteiger partial charge in [0, 0.05) is 0 Å². The van der Waals surface area contributed by atoms with Crippen molar-refractivity contribution in [2.24, 2.45) is 0 Å². The number of anilines is 1. The lowest BCUT2D eigenvalue weighted by Gasteiger charge is -2.27. The number of Topliss-reactive ketones (excluding diaryl/α,β-unsaturated/α-hetero) is 1. The monoisotopic (exact) mass is 441 g/mol. The molecular weight excluding hydrogens is 414 g/mol. The van der Waals surface area contributed by atoms with Gasteiger partial charge in [0.2, 0.25) is 5.88 Å². The van der Waals surface area contributed by atoms with Crippen LogP contribution in [0.3, 0.4) is 0 Å². The third-order valence-corrected chi connectivity index (χ3v) is 5.68. The molecule has 0 unspecified atom stereocenters. The largest absolute Gasteiger partial charge is 0.462 e. The molecule has 1 saturated carbocycles. The highest BCUT2D eigenvalue weighted by Gasteiger charge is 2.44. The summed E-state index contributed by atoms with van der Waals surface area (Å²) in [5, 5.41) is 2.43. The van der Waals surface area contributed by atoms with Crippen LogP contribution in [0.5, 0.6) is 0 Å². The van der Waals surface area contributed by atoms with Crippen molar-refractivity contribution >= 4 is 29.5 Å². The molecule has 3 rings (SSSR count). The molecule has 8 heteroatoms. The maximum Gasteiger partial charge on any atom is 0.344 e. The second-order valence-electron chi connectivity index (χ2n) is 7.79. The van der Waals surface area contributed by atoms with E-state index in [9.17, 15) is 19.2 Å². The highest BCUT2D eigenvalue weighted by molar-refractivity contribution is 6.10. The lowest BCUT2D eigenvalue weighted by atomic mass is 9.79. The van der Waals surface area contributed by atoms with Gasteiger partial charge in [-0.2, -0.15) is 0 Å². The Balaban J connectivity index is 1.74. The summed E-state index contributed by atoms with van der Waals surface area (Å²) in [5.74, 6) is -2.34. The third kappa shape index (κ3) is 4.59. The lowest BCUT2D eigenvalue weighted by molar-refractivity contribution is -0.153. The maximum absolute atomic E-state index is 13.0. The first kappa shape index (κ1) is 23.2. The van der Waals surface area contributed by atoms with E-state index in [-0.39, 0.29) is 29.4 Å². The van der Waals surface area contributed by atoms with E-state index in [0.717, 1.165) is 18.4 Å². The molecule has 0 atom stereocenters. The van der Waals surface area contributed by atoms with Crippen molar-refractivity contribution in [2.75, 3.05) is 18.5 Å². The van der Waals surface area contributed by atoms with Crippen LogP contribution in [0.2, 0.25) is 0 Å². The molecule has 0 aliphatic heterocycles. The number of esters is 2. The van der Waals surface area contributed by atoms with E-state index in [1.165, 1.54) is 13.8 Å². The summed E-state index contributed by atoms with van der Waals surface area (Å²) < 4.78 is 15.8. The van der Waals surface area contributed by atoms with Crippen molar-refractivity contribution in [2.45, 2.75) is 51.9 Å². The van der Waals surface area contributed by atoms with E-state index in [1.807, 2.05) is 30.3 Å². The van der Waals surface area contributed by atoms with Gasteiger partial charge in [0.15, 0.2) is 12.4 Å². The van der Waals surface area contributed by atoms with Gasteiger partial charge in [-0.15, -0.1) is 0 Å². The Bertz CT molecular complexity index is 1020. The predicted molar refractivity (Wildman–Crippen MR) is 116 cm³/mol. The van der Waals surface area contributed by atoms with Crippen LogP contribution in [0.1, 0.15) is 71.6 Å². The number of hydrogen-bond donors (Lipinski definition) is 1. The summed E-state index contributed by atoms with van der Waals surface area (Å²) in [4.78, 5) is 49.8. The van der Waals surface area contributed by atoms with E-state index in [0.29, 0.717) is 12.8 Å². The van der Waals surface area contributed by atoms with Gasteiger partial charge in [-0.1, -0.05) is 43.2 Å². The Kier molecular flexibility index (Phi) is 7.12. The SMILES string of the molecule is CCOC(=O)c1c(NC(=O)COC(=O)C2(c3ccccc3)CCCC2)oc(C)c1C(C)=O. The predicted octanol–water partition coefficient (Wildman–Crippen LogP) is 3.96. The van der Waals surface area contributed by atoms with Crippen LogP contribution in [0.25, 0.3) is 0 Å². The average Bonchev–Trinajstić information content (AvgIpc) is 3.38. The summed E-state index contributed by atoms with van der Waals surface area (Å²) in [5.41, 5.74) is 0.0128. The number of furan rings is 1. The zero-order valence-corrected chi connectivity index (χ0v) is 18.5. The van der Waals surface area contributed by atoms with Gasteiger partial charge in [-0.05, 0) is 39.2 Å². The number of benzene rings is 1. The molecule has 0 radical (unpaired) electrons. The van der Waals surface area contributed by atoms with Crippen LogP contribution in [-0.2, 0) is 24.5 Å². The van der Waals surface area contributed by atoms with Crippen LogP contribution in [0, 0.1) is 6.92 Å². The van der Waals surface area contributed by atoms with Crippen LogP contribution >= 0.6 is 0 Å². The van der Waals surface area contributed by atoms with Gasteiger partial charge in [0.1, 0.15) is 11.3 Å². The molecule has 32 heavy (non-hydrogen) atoms. The van der Waals surface area contributed by atoms with Gasteiger partial charge >= 0.3 is 11.9 Å². The Labute approximate surface area is 186 Å². The van der Waals surface area contributed by atoms with Crippen molar-refractivity contribution in [3.05, 3.63) is 52.8 Å². The topological polar surface area (TPSA) is 112 Å². The molecule has 1 aromatic heterocycles. The van der Waals surface area contributed by atoms with Crippen molar-refractivity contribution in [1.29, 1.82) is 0 Å². The Hall–Kier alpha value is -3.42. The Morgan fingerprint density at radius 2 is 1.69 bits per heavy atom. The Morgan fingerprint density at radius 3 is 2.28 bits per heavy atom. The molecule has 1 N–H and O–H groups in total. The number of nitrogens with one attached hydrogen (secondary N) is 1. The normalized spacial score (nSPS) is 14.6. The lowest BCUT2D eigenvalue weighted by Crippen LogP contribution is -2.36. The summed E-state index contributed by atoms with van der Waals surface area (Å²) in [7, 11) is 0. The molecule has 0 saturated heterocycles. The van der Waals surface area contributed by atoms with Gasteiger partial charge < -0.3 is 13.9 Å². The number of ether oxygens (including phenoxy) is 2. The fraction of sp³-hybridized carbons (Fsp3) is 0.417. The van der Waals surface area contributed by atoms with Crippen molar-refractivity contribution in [1.82, 2.24) is 0 Å². The van der Waals surface area contributed by atoms with E-state index >= 15 is 0 Å². The molecule has 1 aliphatic carbocycles. The smallest absolute Gasteiger partial charge is 0.344 e. The summed E-state index contributed by atoms with van der Waals surface area (Å²) >= 11 is 0. The van der Waals surface area contributed by atoms with E-state index in [4.69, 9.17) is 13.9 Å². The van der Waals surface area contributed by atoms with Crippen molar-refractivity contribution in [3.8, 4) is 0 Å². The fourth-order valence-electron chi connectivity index (χ4n) is 4.23. The van der Waals surface area contributed by atoms with Crippen LogP contribution in [-0.4, -0.2) is 36.8 Å². The molecule has 170 valence electrons. The number of carbonyl (C=O) groups is 4. The standard InChI is InChI=1S/C24H27NO7/c1-4-30-22(28)20-19(15(2)26)16(3)32-21(20)25-18(27)14-31-23(29)24(12-8-9-13-24)17-10-6-5-7-11-17/h5-7,10-11H,4,8-9,12-14H2,1-3H3,(H,25,27). The quantitative estimate of drug-likeness (QED) is 0.487. The minimum absolute atomic E-state index is 0.0460. The molecule has 0 spiro atoms. The molecule has 1 fully saturated rings.